The van der Waals surface area contributed by atoms with Gasteiger partial charge in [0.05, 0.1) is 15.7 Å². The molecule has 3 N–H and O–H groups in total. The second-order valence-corrected chi connectivity index (χ2v) is 9.78. The maximum Gasteiger partial charge on any atom is 0.255 e. The van der Waals surface area contributed by atoms with E-state index in [1.807, 2.05) is 13.0 Å². The van der Waals surface area contributed by atoms with Gasteiger partial charge in [-0.15, -0.1) is 0 Å². The van der Waals surface area contributed by atoms with Gasteiger partial charge in [-0.05, 0) is 48.7 Å². The summed E-state index contributed by atoms with van der Waals surface area (Å²) in [6.45, 7) is 1.84. The van der Waals surface area contributed by atoms with Crippen LogP contribution in [0.5, 0.6) is 5.75 Å². The Morgan fingerprint density at radius 1 is 1.23 bits per heavy atom. The molecular formula is C22H20ClN3O4S. The highest BCUT2D eigenvalue weighted by atomic mass is 35.5. The minimum absolute atomic E-state index is 0.0833. The molecule has 4 rings (SSSR count). The molecule has 1 unspecified atom stereocenters. The third-order valence-electron chi connectivity index (χ3n) is 5.07. The number of hydrogen-bond acceptors (Lipinski definition) is 6. The quantitative estimate of drug-likeness (QED) is 0.598. The third kappa shape index (κ3) is 4.50. The Balaban J connectivity index is 1.51. The topological polar surface area (TPSA) is 111 Å². The summed E-state index contributed by atoms with van der Waals surface area (Å²) in [6, 6.07) is 13.5. The molecule has 2 aromatic carbocycles. The predicted molar refractivity (Wildman–Crippen MR) is 119 cm³/mol. The molecule has 1 atom stereocenters. The first-order chi connectivity index (χ1) is 14.7. The number of aryl methyl sites for hydroxylation is 1. The number of hydrogen-bond donors (Lipinski definition) is 2. The maximum atomic E-state index is 12.7. The minimum Gasteiger partial charge on any atom is -0.482 e. The highest BCUT2D eigenvalue weighted by Gasteiger charge is 2.27. The van der Waals surface area contributed by atoms with E-state index in [1.165, 1.54) is 12.3 Å². The smallest absolute Gasteiger partial charge is 0.255 e. The van der Waals surface area contributed by atoms with Gasteiger partial charge >= 0.3 is 0 Å². The van der Waals surface area contributed by atoms with Gasteiger partial charge < -0.3 is 15.8 Å². The van der Waals surface area contributed by atoms with Crippen LogP contribution in [-0.2, 0) is 16.3 Å². The van der Waals surface area contributed by atoms with Crippen molar-refractivity contribution in [1.82, 2.24) is 4.98 Å². The third-order valence-corrected chi connectivity index (χ3v) is 7.07. The number of carbonyl (C=O) groups excluding carboxylic acids is 1. The summed E-state index contributed by atoms with van der Waals surface area (Å²) in [7, 11) is -3.31. The van der Waals surface area contributed by atoms with E-state index >= 15 is 0 Å². The average molecular weight is 458 g/mol. The predicted octanol–water partition coefficient (Wildman–Crippen LogP) is 4.04. The molecule has 0 spiro atoms. The van der Waals surface area contributed by atoms with Crippen LogP contribution in [0.3, 0.4) is 0 Å². The van der Waals surface area contributed by atoms with Crippen LogP contribution in [0.1, 0.15) is 34.5 Å². The zero-order chi connectivity index (χ0) is 22.2. The lowest BCUT2D eigenvalue weighted by Crippen LogP contribution is -2.13. The molecule has 1 aromatic heterocycles. The molecule has 1 aliphatic rings. The summed E-state index contributed by atoms with van der Waals surface area (Å²) in [4.78, 5) is 16.9. The maximum absolute atomic E-state index is 12.7. The van der Waals surface area contributed by atoms with Crippen LogP contribution < -0.4 is 15.8 Å². The van der Waals surface area contributed by atoms with Gasteiger partial charge in [0.15, 0.2) is 21.4 Å². The number of aromatic nitrogens is 1. The Morgan fingerprint density at radius 3 is 2.84 bits per heavy atom. The monoisotopic (exact) mass is 457 g/mol. The second kappa shape index (κ2) is 8.20. The van der Waals surface area contributed by atoms with E-state index < -0.39 is 9.84 Å². The lowest BCUT2D eigenvalue weighted by molar-refractivity contribution is 0.102. The molecule has 0 aliphatic carbocycles. The Labute approximate surface area is 185 Å². The molecule has 1 amide bonds. The highest BCUT2D eigenvalue weighted by molar-refractivity contribution is 7.91. The number of carbonyl (C=O) groups is 1. The molecule has 0 saturated heterocycles. The fourth-order valence-corrected chi connectivity index (χ4v) is 5.14. The van der Waals surface area contributed by atoms with Gasteiger partial charge in [-0.3, -0.25) is 4.79 Å². The fourth-order valence-electron chi connectivity index (χ4n) is 3.40. The number of sulfone groups is 1. The Bertz CT molecular complexity index is 1280. The van der Waals surface area contributed by atoms with Crippen molar-refractivity contribution in [1.29, 1.82) is 0 Å². The number of nitrogens with zero attached hydrogens (tertiary/aromatic N) is 1. The van der Waals surface area contributed by atoms with Gasteiger partial charge in [0.1, 0.15) is 6.10 Å². The van der Waals surface area contributed by atoms with E-state index in [4.69, 9.17) is 22.1 Å². The lowest BCUT2D eigenvalue weighted by Gasteiger charge is -2.17. The van der Waals surface area contributed by atoms with E-state index in [9.17, 15) is 13.2 Å². The standard InChI is InChI=1S/C22H20ClN3O4S/c1-13(30-19-11-17(23)12-25-21(19)24)15-3-2-4-18(9-15)26-22(27)16-6-5-14-7-8-31(28,29)20(14)10-16/h2-6,9-13H,7-8H2,1H3,(H2,24,25)(H,26,27). The van der Waals surface area contributed by atoms with Gasteiger partial charge in [-0.1, -0.05) is 29.8 Å². The lowest BCUT2D eigenvalue weighted by atomic mass is 10.1. The Hall–Kier alpha value is -3.10. The molecule has 9 heteroatoms. The summed E-state index contributed by atoms with van der Waals surface area (Å²) < 4.78 is 30.1. The van der Waals surface area contributed by atoms with Crippen LogP contribution >= 0.6 is 11.6 Å². The molecule has 3 aromatic rings. The number of fused-ring (bicyclic) bond motifs is 1. The van der Waals surface area contributed by atoms with Gasteiger partial charge in [0.25, 0.3) is 5.91 Å². The number of halogens is 1. The van der Waals surface area contributed by atoms with Crippen LogP contribution in [0.2, 0.25) is 5.02 Å². The van der Waals surface area contributed by atoms with Crippen molar-refractivity contribution in [2.45, 2.75) is 24.3 Å². The largest absolute Gasteiger partial charge is 0.482 e. The van der Waals surface area contributed by atoms with E-state index in [-0.39, 0.29) is 34.0 Å². The zero-order valence-electron chi connectivity index (χ0n) is 16.6. The minimum atomic E-state index is -3.31. The summed E-state index contributed by atoms with van der Waals surface area (Å²) in [5, 5.41) is 3.22. The number of nitrogen functional groups attached to an aromatic ring is 1. The van der Waals surface area contributed by atoms with Crippen molar-refractivity contribution in [3.05, 3.63) is 76.4 Å². The molecule has 0 bridgehead atoms. The number of anilines is 2. The molecular weight excluding hydrogens is 438 g/mol. The van der Waals surface area contributed by atoms with Gasteiger partial charge in [-0.25, -0.2) is 13.4 Å². The first-order valence-electron chi connectivity index (χ1n) is 9.57. The van der Waals surface area contributed by atoms with Gasteiger partial charge in [0.2, 0.25) is 0 Å². The molecule has 7 nitrogen and oxygen atoms in total. The number of nitrogens with two attached hydrogens (primary N) is 1. The summed E-state index contributed by atoms with van der Waals surface area (Å²) in [5.74, 6) is 0.292. The highest BCUT2D eigenvalue weighted by Crippen LogP contribution is 2.30. The SMILES string of the molecule is CC(Oc1cc(Cl)cnc1N)c1cccc(NC(=O)c2ccc3c(c2)S(=O)(=O)CC3)c1. The van der Waals surface area contributed by atoms with Gasteiger partial charge in [-0.2, -0.15) is 0 Å². The number of pyridine rings is 1. The molecule has 0 fully saturated rings. The van der Waals surface area contributed by atoms with E-state index in [0.717, 1.165) is 11.1 Å². The number of benzene rings is 2. The van der Waals surface area contributed by atoms with Gasteiger partial charge in [0, 0.05) is 23.5 Å². The fraction of sp³-hybridized carbons (Fsp3) is 0.182. The molecule has 2 heterocycles. The number of ether oxygens (including phenoxy) is 1. The molecule has 160 valence electrons. The zero-order valence-corrected chi connectivity index (χ0v) is 18.2. The Kier molecular flexibility index (Phi) is 5.60. The van der Waals surface area contributed by atoms with Crippen molar-refractivity contribution < 1.29 is 17.9 Å². The van der Waals surface area contributed by atoms with Crippen LogP contribution in [0.4, 0.5) is 11.5 Å². The normalized spacial score (nSPS) is 15.2. The molecule has 0 radical (unpaired) electrons. The van der Waals surface area contributed by atoms with Crippen LogP contribution in [0, 0.1) is 0 Å². The molecule has 0 saturated carbocycles. The summed E-state index contributed by atoms with van der Waals surface area (Å²) >= 11 is 5.96. The van der Waals surface area contributed by atoms with Crippen molar-refractivity contribution in [2.24, 2.45) is 0 Å². The van der Waals surface area contributed by atoms with E-state index in [2.05, 4.69) is 10.3 Å². The van der Waals surface area contributed by atoms with Crippen molar-refractivity contribution in [3.63, 3.8) is 0 Å². The van der Waals surface area contributed by atoms with Crippen LogP contribution in [0.25, 0.3) is 0 Å². The summed E-state index contributed by atoms with van der Waals surface area (Å²) in [5.41, 5.74) is 8.23. The first-order valence-corrected chi connectivity index (χ1v) is 11.6. The second-order valence-electron chi connectivity index (χ2n) is 7.27. The van der Waals surface area contributed by atoms with E-state index in [1.54, 1.807) is 36.4 Å². The molecule has 1 aliphatic heterocycles. The van der Waals surface area contributed by atoms with Crippen molar-refractivity contribution in [2.75, 3.05) is 16.8 Å². The average Bonchev–Trinajstić information content (AvgIpc) is 3.05. The number of amides is 1. The number of rotatable bonds is 5. The van der Waals surface area contributed by atoms with Crippen molar-refractivity contribution >= 4 is 38.9 Å². The van der Waals surface area contributed by atoms with Crippen LogP contribution in [0.15, 0.2) is 59.6 Å². The summed E-state index contributed by atoms with van der Waals surface area (Å²) in [6.07, 6.45) is 1.53. The Morgan fingerprint density at radius 2 is 2.03 bits per heavy atom. The number of nitrogens with one attached hydrogen (secondary N) is 1. The van der Waals surface area contributed by atoms with E-state index in [0.29, 0.717) is 22.9 Å². The van der Waals surface area contributed by atoms with Crippen LogP contribution in [-0.4, -0.2) is 25.1 Å². The molecule has 31 heavy (non-hydrogen) atoms. The first kappa shape index (κ1) is 21.1. The van der Waals surface area contributed by atoms with Crippen molar-refractivity contribution in [3.8, 4) is 5.75 Å².